The predicted octanol–water partition coefficient (Wildman–Crippen LogP) is 3.85. The zero-order chi connectivity index (χ0) is 21.7. The van der Waals surface area contributed by atoms with Gasteiger partial charge in [-0.3, -0.25) is 0 Å². The van der Waals surface area contributed by atoms with Crippen molar-refractivity contribution in [3.8, 4) is 5.75 Å². The summed E-state index contributed by atoms with van der Waals surface area (Å²) >= 11 is 0. The minimum absolute atomic E-state index is 0.0153. The van der Waals surface area contributed by atoms with Gasteiger partial charge in [0.1, 0.15) is 5.75 Å². The predicted molar refractivity (Wildman–Crippen MR) is 116 cm³/mol. The molecule has 162 valence electrons. The van der Waals surface area contributed by atoms with Gasteiger partial charge in [0.2, 0.25) is 0 Å². The third-order valence-electron chi connectivity index (χ3n) is 4.99. The van der Waals surface area contributed by atoms with Crippen molar-refractivity contribution in [1.29, 1.82) is 0 Å². The van der Waals surface area contributed by atoms with Crippen molar-refractivity contribution >= 4 is 21.8 Å². The normalized spacial score (nSPS) is 16.3. The molecule has 30 heavy (non-hydrogen) atoms. The second-order valence-electron chi connectivity index (χ2n) is 7.64. The Hall–Kier alpha value is -2.58. The molecule has 1 aliphatic heterocycles. The summed E-state index contributed by atoms with van der Waals surface area (Å²) in [6.07, 6.45) is 2.94. The van der Waals surface area contributed by atoms with E-state index in [9.17, 15) is 13.2 Å². The van der Waals surface area contributed by atoms with Gasteiger partial charge in [-0.1, -0.05) is 30.3 Å². The van der Waals surface area contributed by atoms with E-state index in [2.05, 4.69) is 5.32 Å². The summed E-state index contributed by atoms with van der Waals surface area (Å²) in [5, 5.41) is 3.04. The van der Waals surface area contributed by atoms with Gasteiger partial charge in [0.05, 0.1) is 12.4 Å². The lowest BCUT2D eigenvalue weighted by Gasteiger charge is -2.26. The maximum atomic E-state index is 13.1. The van der Waals surface area contributed by atoms with Crippen LogP contribution in [0.15, 0.2) is 42.5 Å². The van der Waals surface area contributed by atoms with E-state index in [0.29, 0.717) is 19.7 Å². The summed E-state index contributed by atoms with van der Waals surface area (Å²) in [6.45, 7) is 5.50. The van der Waals surface area contributed by atoms with Crippen molar-refractivity contribution in [2.75, 3.05) is 24.7 Å². The molecule has 2 amide bonds. The molecule has 0 spiro atoms. The lowest BCUT2D eigenvalue weighted by Crippen LogP contribution is -2.39. The van der Waals surface area contributed by atoms with Crippen LogP contribution in [0.25, 0.3) is 0 Å². The standard InChI is InChI=1S/C22H28N2O5S/c1-16-6-4-7-17(2)21(16)23-22(25)24(15-20-8-5-13-28-20)14-18-9-11-19(12-10-18)29-30(3,26)27/h4,6-7,9-12,20H,5,8,13-15H2,1-3H3,(H,23,25)/t20-/m1/s1. The van der Waals surface area contributed by atoms with Crippen LogP contribution in [0.4, 0.5) is 10.5 Å². The number of rotatable bonds is 7. The molecule has 2 aromatic rings. The third-order valence-corrected chi connectivity index (χ3v) is 5.49. The molecule has 0 aliphatic carbocycles. The van der Waals surface area contributed by atoms with Crippen molar-refractivity contribution in [2.24, 2.45) is 0 Å². The van der Waals surface area contributed by atoms with Gasteiger partial charge in [-0.05, 0) is 55.5 Å². The molecular weight excluding hydrogens is 404 g/mol. The van der Waals surface area contributed by atoms with Gasteiger partial charge in [-0.15, -0.1) is 0 Å². The van der Waals surface area contributed by atoms with Gasteiger partial charge in [0.25, 0.3) is 0 Å². The smallest absolute Gasteiger partial charge is 0.322 e. The van der Waals surface area contributed by atoms with E-state index in [1.807, 2.05) is 32.0 Å². The van der Waals surface area contributed by atoms with Crippen molar-refractivity contribution in [3.63, 3.8) is 0 Å². The molecule has 2 aromatic carbocycles. The monoisotopic (exact) mass is 432 g/mol. The Morgan fingerprint density at radius 2 is 1.83 bits per heavy atom. The zero-order valence-electron chi connectivity index (χ0n) is 17.6. The third kappa shape index (κ3) is 6.21. The molecule has 0 radical (unpaired) electrons. The van der Waals surface area contributed by atoms with Crippen LogP contribution < -0.4 is 9.50 Å². The average Bonchev–Trinajstić information content (AvgIpc) is 3.17. The highest BCUT2D eigenvalue weighted by molar-refractivity contribution is 7.86. The van der Waals surface area contributed by atoms with Crippen LogP contribution in [0.3, 0.4) is 0 Å². The minimum atomic E-state index is -3.58. The quantitative estimate of drug-likeness (QED) is 0.672. The number of hydrogen-bond acceptors (Lipinski definition) is 5. The first-order valence-corrected chi connectivity index (χ1v) is 11.7. The number of nitrogens with one attached hydrogen (secondary N) is 1. The number of ether oxygens (including phenoxy) is 1. The molecule has 0 saturated carbocycles. The summed E-state index contributed by atoms with van der Waals surface area (Å²) in [4.78, 5) is 14.8. The maximum Gasteiger partial charge on any atom is 0.322 e. The van der Waals surface area contributed by atoms with E-state index in [4.69, 9.17) is 8.92 Å². The fraction of sp³-hybridized carbons (Fsp3) is 0.409. The number of hydrogen-bond donors (Lipinski definition) is 1. The molecule has 8 heteroatoms. The van der Waals surface area contributed by atoms with E-state index in [0.717, 1.165) is 41.5 Å². The fourth-order valence-corrected chi connectivity index (χ4v) is 3.96. The highest BCUT2D eigenvalue weighted by Gasteiger charge is 2.23. The van der Waals surface area contributed by atoms with Gasteiger partial charge in [-0.2, -0.15) is 8.42 Å². The first-order valence-electron chi connectivity index (χ1n) is 9.93. The molecule has 0 bridgehead atoms. The van der Waals surface area contributed by atoms with Crippen molar-refractivity contribution < 1.29 is 22.1 Å². The number of aryl methyl sites for hydroxylation is 2. The topological polar surface area (TPSA) is 84.9 Å². The molecular formula is C22H28N2O5S. The Kier molecular flexibility index (Phi) is 6.99. The first kappa shape index (κ1) is 22.1. The molecule has 1 heterocycles. The lowest BCUT2D eigenvalue weighted by molar-refractivity contribution is 0.0819. The average molecular weight is 433 g/mol. The van der Waals surface area contributed by atoms with Crippen LogP contribution in [0, 0.1) is 13.8 Å². The highest BCUT2D eigenvalue weighted by atomic mass is 32.2. The van der Waals surface area contributed by atoms with E-state index in [1.54, 1.807) is 29.2 Å². The van der Waals surface area contributed by atoms with Gasteiger partial charge in [-0.25, -0.2) is 4.79 Å². The number of urea groups is 1. The molecule has 1 N–H and O–H groups in total. The zero-order valence-corrected chi connectivity index (χ0v) is 18.4. The first-order chi connectivity index (χ1) is 14.2. The van der Waals surface area contributed by atoms with Crippen molar-refractivity contribution in [1.82, 2.24) is 4.90 Å². The van der Waals surface area contributed by atoms with Crippen molar-refractivity contribution in [3.05, 3.63) is 59.2 Å². The SMILES string of the molecule is Cc1cccc(C)c1NC(=O)N(Cc1ccc(OS(C)(=O)=O)cc1)C[C@H]1CCCO1. The van der Waals surface area contributed by atoms with E-state index < -0.39 is 10.1 Å². The van der Waals surface area contributed by atoms with Crippen molar-refractivity contribution in [2.45, 2.75) is 39.3 Å². The maximum absolute atomic E-state index is 13.1. The summed E-state index contributed by atoms with van der Waals surface area (Å²) < 4.78 is 33.2. The Labute approximate surface area is 178 Å². The fourth-order valence-electron chi connectivity index (χ4n) is 3.50. The molecule has 1 aliphatic rings. The van der Waals surface area contributed by atoms with Crippen LogP contribution >= 0.6 is 0 Å². The van der Waals surface area contributed by atoms with Crippen LogP contribution in [-0.4, -0.2) is 44.9 Å². The number of nitrogens with zero attached hydrogens (tertiary/aromatic N) is 1. The van der Waals surface area contributed by atoms with Gasteiger partial charge in [0, 0.05) is 25.4 Å². The number of amides is 2. The molecule has 0 unspecified atom stereocenters. The Balaban J connectivity index is 1.75. The summed E-state index contributed by atoms with van der Waals surface area (Å²) in [5.41, 5.74) is 3.69. The second-order valence-corrected chi connectivity index (χ2v) is 9.22. The van der Waals surface area contributed by atoms with Crippen LogP contribution in [0.1, 0.15) is 29.5 Å². The van der Waals surface area contributed by atoms with Gasteiger partial charge < -0.3 is 19.1 Å². The number of para-hydroxylation sites is 1. The molecule has 1 fully saturated rings. The Bertz CT molecular complexity index is 963. The molecule has 7 nitrogen and oxygen atoms in total. The minimum Gasteiger partial charge on any atom is -0.383 e. The number of carbonyl (C=O) groups excluding carboxylic acids is 1. The van der Waals surface area contributed by atoms with Crippen LogP contribution in [-0.2, 0) is 21.4 Å². The Morgan fingerprint density at radius 1 is 1.17 bits per heavy atom. The number of benzene rings is 2. The molecule has 3 rings (SSSR count). The van der Waals surface area contributed by atoms with E-state index in [1.165, 1.54) is 0 Å². The second kappa shape index (κ2) is 9.49. The van der Waals surface area contributed by atoms with Gasteiger partial charge >= 0.3 is 16.1 Å². The lowest BCUT2D eigenvalue weighted by atomic mass is 10.1. The molecule has 1 saturated heterocycles. The molecule has 0 aromatic heterocycles. The number of anilines is 1. The Morgan fingerprint density at radius 3 is 2.40 bits per heavy atom. The molecule has 1 atom stereocenters. The highest BCUT2D eigenvalue weighted by Crippen LogP contribution is 2.22. The summed E-state index contributed by atoms with van der Waals surface area (Å²) in [7, 11) is -3.58. The largest absolute Gasteiger partial charge is 0.383 e. The van der Waals surface area contributed by atoms with E-state index in [-0.39, 0.29) is 17.9 Å². The van der Waals surface area contributed by atoms with E-state index >= 15 is 0 Å². The van der Waals surface area contributed by atoms with Crippen LogP contribution in [0.5, 0.6) is 5.75 Å². The van der Waals surface area contributed by atoms with Gasteiger partial charge in [0.15, 0.2) is 0 Å². The number of carbonyl (C=O) groups is 1. The van der Waals surface area contributed by atoms with Crippen LogP contribution in [0.2, 0.25) is 0 Å². The summed E-state index contributed by atoms with van der Waals surface area (Å²) in [6, 6.07) is 12.4. The summed E-state index contributed by atoms with van der Waals surface area (Å²) in [5.74, 6) is 0.243.